The second kappa shape index (κ2) is 6.87. The Balaban J connectivity index is 1.84. The van der Waals surface area contributed by atoms with Gasteiger partial charge in [0.2, 0.25) is 5.91 Å². The molecule has 1 aliphatic rings. The van der Waals surface area contributed by atoms with E-state index in [0.717, 1.165) is 15.8 Å². The molecule has 7 nitrogen and oxygen atoms in total. The lowest BCUT2D eigenvalue weighted by molar-refractivity contribution is -0.122. The Morgan fingerprint density at radius 3 is 2.52 bits per heavy atom. The van der Waals surface area contributed by atoms with Gasteiger partial charge in [0, 0.05) is 24.1 Å². The summed E-state index contributed by atoms with van der Waals surface area (Å²) in [5, 5.41) is 2.93. The summed E-state index contributed by atoms with van der Waals surface area (Å²) in [4.78, 5) is 50.7. The first-order valence-electron chi connectivity index (χ1n) is 8.96. The van der Waals surface area contributed by atoms with E-state index in [1.807, 2.05) is 13.0 Å². The van der Waals surface area contributed by atoms with Gasteiger partial charge in [-0.1, -0.05) is 30.3 Å². The Bertz CT molecular complexity index is 1240. The van der Waals surface area contributed by atoms with Crippen LogP contribution in [0.4, 0.5) is 10.5 Å². The fourth-order valence-electron chi connectivity index (χ4n) is 3.40. The van der Waals surface area contributed by atoms with Gasteiger partial charge < -0.3 is 0 Å². The number of benzene rings is 2. The Kier molecular flexibility index (Phi) is 4.35. The van der Waals surface area contributed by atoms with E-state index < -0.39 is 17.8 Å². The van der Waals surface area contributed by atoms with Gasteiger partial charge in [-0.3, -0.25) is 24.3 Å². The van der Waals surface area contributed by atoms with Gasteiger partial charge >= 0.3 is 6.03 Å². The molecular formula is C22H17N3O4. The minimum absolute atomic E-state index is 0.183. The quantitative estimate of drug-likeness (QED) is 0.540. The Hall–Kier alpha value is -4.00. The third-order valence-electron chi connectivity index (χ3n) is 4.74. The van der Waals surface area contributed by atoms with E-state index in [4.69, 9.17) is 0 Å². The van der Waals surface area contributed by atoms with E-state index in [2.05, 4.69) is 5.32 Å². The molecule has 1 N–H and O–H groups in total. The maximum absolute atomic E-state index is 13.0. The number of amides is 4. The van der Waals surface area contributed by atoms with Gasteiger partial charge in [-0.25, -0.2) is 9.69 Å². The highest BCUT2D eigenvalue weighted by molar-refractivity contribution is 6.39. The number of aromatic nitrogens is 1. The second-order valence-electron chi connectivity index (χ2n) is 6.79. The molecule has 4 rings (SSSR count). The summed E-state index contributed by atoms with van der Waals surface area (Å²) >= 11 is 0. The first-order chi connectivity index (χ1) is 13.9. The van der Waals surface area contributed by atoms with Crippen LogP contribution in [0.3, 0.4) is 0 Å². The van der Waals surface area contributed by atoms with Crippen molar-refractivity contribution < 1.29 is 19.2 Å². The fraction of sp³-hybridized carbons (Fsp3) is 0.0909. The molecule has 0 saturated carbocycles. The van der Waals surface area contributed by atoms with Crippen molar-refractivity contribution in [1.29, 1.82) is 0 Å². The summed E-state index contributed by atoms with van der Waals surface area (Å²) in [6.45, 7) is 3.27. The lowest BCUT2D eigenvalue weighted by atomic mass is 10.1. The van der Waals surface area contributed by atoms with Crippen LogP contribution in [-0.4, -0.2) is 28.3 Å². The third kappa shape index (κ3) is 3.12. The zero-order valence-electron chi connectivity index (χ0n) is 15.8. The van der Waals surface area contributed by atoms with Crippen molar-refractivity contribution in [2.24, 2.45) is 0 Å². The van der Waals surface area contributed by atoms with Crippen LogP contribution in [0.2, 0.25) is 0 Å². The molecule has 2 heterocycles. The molecule has 0 bridgehead atoms. The van der Waals surface area contributed by atoms with Gasteiger partial charge in [0.25, 0.3) is 11.8 Å². The summed E-state index contributed by atoms with van der Waals surface area (Å²) < 4.78 is 1.45. The highest BCUT2D eigenvalue weighted by Crippen LogP contribution is 2.26. The molecule has 3 aromatic rings. The van der Waals surface area contributed by atoms with Crippen LogP contribution in [-0.2, 0) is 9.59 Å². The molecule has 1 aliphatic heterocycles. The molecule has 0 unspecified atom stereocenters. The zero-order chi connectivity index (χ0) is 20.7. The van der Waals surface area contributed by atoms with Gasteiger partial charge in [0.05, 0.1) is 11.2 Å². The van der Waals surface area contributed by atoms with Crippen molar-refractivity contribution in [2.45, 2.75) is 13.8 Å². The van der Waals surface area contributed by atoms with E-state index in [1.165, 1.54) is 17.6 Å². The number of fused-ring (bicyclic) bond motifs is 1. The van der Waals surface area contributed by atoms with Crippen molar-refractivity contribution in [3.05, 3.63) is 71.4 Å². The first-order valence-corrected chi connectivity index (χ1v) is 8.96. The highest BCUT2D eigenvalue weighted by atomic mass is 16.2. The molecule has 0 aliphatic carbocycles. The molecule has 144 valence electrons. The number of imide groups is 2. The molecule has 4 amide bonds. The number of anilines is 1. The van der Waals surface area contributed by atoms with Gasteiger partial charge in [-0.15, -0.1) is 0 Å². The van der Waals surface area contributed by atoms with Gasteiger partial charge in [0.1, 0.15) is 5.57 Å². The Morgan fingerprint density at radius 1 is 1.03 bits per heavy atom. The third-order valence-corrected chi connectivity index (χ3v) is 4.74. The highest BCUT2D eigenvalue weighted by Gasteiger charge is 2.37. The van der Waals surface area contributed by atoms with Crippen molar-refractivity contribution >= 4 is 46.4 Å². The minimum atomic E-state index is -0.797. The number of nitrogens with one attached hydrogen (secondary N) is 1. The fourth-order valence-corrected chi connectivity index (χ4v) is 3.40. The molecule has 29 heavy (non-hydrogen) atoms. The number of carbonyl (C=O) groups is 4. The maximum Gasteiger partial charge on any atom is 0.335 e. The number of barbiturate groups is 1. The number of urea groups is 1. The molecule has 1 aromatic heterocycles. The van der Waals surface area contributed by atoms with Crippen LogP contribution in [0.25, 0.3) is 17.0 Å². The van der Waals surface area contributed by atoms with Crippen LogP contribution < -0.4 is 10.2 Å². The van der Waals surface area contributed by atoms with Crippen molar-refractivity contribution in [1.82, 2.24) is 9.88 Å². The molecule has 1 fully saturated rings. The van der Waals surface area contributed by atoms with E-state index >= 15 is 0 Å². The van der Waals surface area contributed by atoms with Crippen molar-refractivity contribution in [2.75, 3.05) is 4.90 Å². The molecule has 0 atom stereocenters. The summed E-state index contributed by atoms with van der Waals surface area (Å²) in [5.41, 5.74) is 2.26. The number of aryl methyl sites for hydroxylation is 1. The average molecular weight is 387 g/mol. The minimum Gasteiger partial charge on any atom is -0.287 e. The number of carbonyl (C=O) groups excluding carboxylic acids is 4. The number of para-hydroxylation sites is 1. The van der Waals surface area contributed by atoms with E-state index in [1.54, 1.807) is 48.7 Å². The Morgan fingerprint density at radius 2 is 1.79 bits per heavy atom. The predicted octanol–water partition coefficient (Wildman–Crippen LogP) is 3.28. The second-order valence-corrected chi connectivity index (χ2v) is 6.79. The van der Waals surface area contributed by atoms with Crippen LogP contribution in [0.15, 0.2) is 60.3 Å². The van der Waals surface area contributed by atoms with Gasteiger partial charge in [-0.05, 0) is 36.8 Å². The van der Waals surface area contributed by atoms with Crippen LogP contribution in [0.1, 0.15) is 22.8 Å². The van der Waals surface area contributed by atoms with Gasteiger partial charge in [-0.2, -0.15) is 0 Å². The zero-order valence-corrected chi connectivity index (χ0v) is 15.8. The molecule has 2 aromatic carbocycles. The largest absolute Gasteiger partial charge is 0.335 e. The van der Waals surface area contributed by atoms with E-state index in [0.29, 0.717) is 16.8 Å². The maximum atomic E-state index is 13.0. The number of rotatable bonds is 2. The normalized spacial score (nSPS) is 15.9. The topological polar surface area (TPSA) is 88.5 Å². The van der Waals surface area contributed by atoms with Crippen LogP contribution in [0.5, 0.6) is 0 Å². The molecule has 7 heteroatoms. The summed E-state index contributed by atoms with van der Waals surface area (Å²) in [5.74, 6) is -1.69. The van der Waals surface area contributed by atoms with E-state index in [9.17, 15) is 19.2 Å². The predicted molar refractivity (Wildman–Crippen MR) is 108 cm³/mol. The Labute approximate surface area is 166 Å². The number of hydrogen-bond donors (Lipinski definition) is 1. The lowest BCUT2D eigenvalue weighted by Gasteiger charge is -2.26. The molecule has 0 spiro atoms. The summed E-state index contributed by atoms with van der Waals surface area (Å²) in [7, 11) is 0. The number of nitrogens with zero attached hydrogens (tertiary/aromatic N) is 2. The summed E-state index contributed by atoms with van der Waals surface area (Å²) in [6.07, 6.45) is 2.99. The average Bonchev–Trinajstić information content (AvgIpc) is 3.04. The van der Waals surface area contributed by atoms with E-state index in [-0.39, 0.29) is 11.5 Å². The smallest absolute Gasteiger partial charge is 0.287 e. The van der Waals surface area contributed by atoms with Crippen molar-refractivity contribution in [3.63, 3.8) is 0 Å². The lowest BCUT2D eigenvalue weighted by Crippen LogP contribution is -2.54. The molecular weight excluding hydrogens is 370 g/mol. The van der Waals surface area contributed by atoms with Crippen molar-refractivity contribution in [3.8, 4) is 0 Å². The van der Waals surface area contributed by atoms with Gasteiger partial charge in [0.15, 0.2) is 0 Å². The first kappa shape index (κ1) is 18.4. The molecule has 0 radical (unpaired) electrons. The standard InChI is InChI=1S/C22H17N3O4/c1-13-6-5-7-16(10-13)25-21(28)18(20(27)23-22(25)29)11-15-12-24(14(2)26)19-9-4-3-8-17(15)19/h3-12H,1-2H3,(H,23,27,29). The summed E-state index contributed by atoms with van der Waals surface area (Å²) in [6, 6.07) is 13.3. The SMILES string of the molecule is CC(=O)n1cc(C=C2C(=O)NC(=O)N(c3cccc(C)c3)C2=O)c2ccccc21. The monoisotopic (exact) mass is 387 g/mol. The number of hydrogen-bond acceptors (Lipinski definition) is 4. The van der Waals surface area contributed by atoms with Crippen LogP contribution in [0, 0.1) is 6.92 Å². The molecule has 1 saturated heterocycles. The van der Waals surface area contributed by atoms with Crippen LogP contribution >= 0.6 is 0 Å².